The predicted molar refractivity (Wildman–Crippen MR) is 100 cm³/mol. The molecule has 1 aromatic heterocycles. The summed E-state index contributed by atoms with van der Waals surface area (Å²) in [7, 11) is 0. The lowest BCUT2D eigenvalue weighted by Gasteiger charge is -2.34. The minimum absolute atomic E-state index is 0.00218. The number of aromatic nitrogens is 3. The van der Waals surface area contributed by atoms with Crippen molar-refractivity contribution in [1.29, 1.82) is 0 Å². The maximum absolute atomic E-state index is 14.0. The Labute approximate surface area is 163 Å². The lowest BCUT2D eigenvalue weighted by Crippen LogP contribution is -2.56. The van der Waals surface area contributed by atoms with Crippen molar-refractivity contribution in [2.24, 2.45) is 0 Å². The van der Waals surface area contributed by atoms with Gasteiger partial charge in [-0.1, -0.05) is 25.1 Å². The van der Waals surface area contributed by atoms with Crippen LogP contribution in [0.1, 0.15) is 31.2 Å². The number of benzene rings is 1. The van der Waals surface area contributed by atoms with Gasteiger partial charge in [0.25, 0.3) is 0 Å². The third-order valence-corrected chi connectivity index (χ3v) is 4.76. The van der Waals surface area contributed by atoms with Gasteiger partial charge in [-0.25, -0.2) is 4.39 Å². The topological polar surface area (TPSA) is 92.1 Å². The number of hydrogen-bond acceptors (Lipinski definition) is 5. The van der Waals surface area contributed by atoms with Crippen LogP contribution in [0.15, 0.2) is 30.6 Å². The summed E-state index contributed by atoms with van der Waals surface area (Å²) in [6.07, 6.45) is 2.57. The fraction of sp³-hybridized carbons (Fsp3) is 0.474. The first-order chi connectivity index (χ1) is 13.6. The lowest BCUT2D eigenvalue weighted by atomic mass is 10.1. The van der Waals surface area contributed by atoms with E-state index in [1.165, 1.54) is 6.07 Å². The molecule has 0 spiro atoms. The van der Waals surface area contributed by atoms with Crippen molar-refractivity contribution in [3.63, 3.8) is 0 Å². The number of rotatable bonds is 8. The Balaban J connectivity index is 1.60. The van der Waals surface area contributed by atoms with Gasteiger partial charge in [-0.05, 0) is 12.5 Å². The fourth-order valence-corrected chi connectivity index (χ4v) is 3.29. The van der Waals surface area contributed by atoms with E-state index >= 15 is 0 Å². The van der Waals surface area contributed by atoms with Gasteiger partial charge in [0, 0.05) is 31.7 Å². The van der Waals surface area contributed by atoms with Crippen LogP contribution in [0, 0.1) is 5.82 Å². The summed E-state index contributed by atoms with van der Waals surface area (Å²) in [4.78, 5) is 26.6. The van der Waals surface area contributed by atoms with Gasteiger partial charge in [0.05, 0.1) is 19.0 Å². The summed E-state index contributed by atoms with van der Waals surface area (Å²) in [6, 6.07) is 5.84. The average Bonchev–Trinajstić information content (AvgIpc) is 3.12. The first-order valence-corrected chi connectivity index (χ1v) is 9.47. The Kier molecular flexibility index (Phi) is 6.70. The van der Waals surface area contributed by atoms with Crippen molar-refractivity contribution in [2.75, 3.05) is 13.1 Å². The summed E-state index contributed by atoms with van der Waals surface area (Å²) in [6.45, 7) is 4.39. The van der Waals surface area contributed by atoms with E-state index in [1.54, 1.807) is 24.5 Å². The summed E-state index contributed by atoms with van der Waals surface area (Å²) >= 11 is 0. The summed E-state index contributed by atoms with van der Waals surface area (Å²) in [5.74, 6) is -0.114. The highest BCUT2D eigenvalue weighted by Crippen LogP contribution is 2.16. The molecule has 0 aliphatic carbocycles. The number of carbonyl (C=O) groups excluding carboxylic acids is 2. The van der Waals surface area contributed by atoms with Crippen LogP contribution in [0.2, 0.25) is 0 Å². The normalized spacial score (nSPS) is 17.4. The van der Waals surface area contributed by atoms with Crippen LogP contribution in [-0.2, 0) is 29.2 Å². The molecule has 0 bridgehead atoms. The molecule has 1 aromatic carbocycles. The zero-order chi connectivity index (χ0) is 19.9. The molecule has 8 nitrogen and oxygen atoms in total. The van der Waals surface area contributed by atoms with Crippen molar-refractivity contribution < 1.29 is 14.0 Å². The fourth-order valence-electron chi connectivity index (χ4n) is 3.29. The third kappa shape index (κ3) is 4.92. The third-order valence-electron chi connectivity index (χ3n) is 4.76. The number of halogens is 1. The van der Waals surface area contributed by atoms with Gasteiger partial charge in [0.15, 0.2) is 5.82 Å². The van der Waals surface area contributed by atoms with E-state index in [0.717, 1.165) is 13.0 Å². The smallest absolute Gasteiger partial charge is 0.237 e. The van der Waals surface area contributed by atoms with E-state index in [1.807, 2.05) is 16.4 Å². The first kappa shape index (κ1) is 19.9. The molecule has 1 saturated heterocycles. The molecule has 3 rings (SSSR count). The van der Waals surface area contributed by atoms with Gasteiger partial charge in [0.2, 0.25) is 11.8 Å². The minimum Gasteiger partial charge on any atom is -0.353 e. The van der Waals surface area contributed by atoms with Gasteiger partial charge >= 0.3 is 0 Å². The molecular formula is C19H25FN6O2. The zero-order valence-corrected chi connectivity index (χ0v) is 15.9. The van der Waals surface area contributed by atoms with Crippen LogP contribution in [0.4, 0.5) is 4.39 Å². The van der Waals surface area contributed by atoms with Crippen LogP contribution in [-0.4, -0.2) is 50.6 Å². The SMILES string of the molecule is CCCn1cnnc1CNC(=O)CC1C(=O)NCCN1Cc1ccccc1F. The molecule has 1 aliphatic heterocycles. The molecule has 1 aliphatic rings. The molecule has 2 amide bonds. The average molecular weight is 388 g/mol. The van der Waals surface area contributed by atoms with Crippen LogP contribution in [0.5, 0.6) is 0 Å². The Morgan fingerprint density at radius 2 is 2.21 bits per heavy atom. The van der Waals surface area contributed by atoms with Gasteiger partial charge in [-0.3, -0.25) is 14.5 Å². The van der Waals surface area contributed by atoms with Crippen molar-refractivity contribution in [3.8, 4) is 0 Å². The van der Waals surface area contributed by atoms with Gasteiger partial charge in [-0.2, -0.15) is 0 Å². The van der Waals surface area contributed by atoms with Crippen molar-refractivity contribution in [1.82, 2.24) is 30.3 Å². The van der Waals surface area contributed by atoms with E-state index in [2.05, 4.69) is 20.8 Å². The molecule has 1 atom stereocenters. The Morgan fingerprint density at radius 3 is 3.00 bits per heavy atom. The standard InChI is InChI=1S/C19H25FN6O2/c1-2-8-26-13-23-24-17(26)11-22-18(27)10-16-19(28)21-7-9-25(16)12-14-5-3-4-6-15(14)20/h3-6,13,16H,2,7-12H2,1H3,(H,21,28)(H,22,27). The Hall–Kier alpha value is -2.81. The summed E-state index contributed by atoms with van der Waals surface area (Å²) in [5, 5.41) is 13.5. The number of nitrogens with zero attached hydrogens (tertiary/aromatic N) is 4. The van der Waals surface area contributed by atoms with Crippen molar-refractivity contribution >= 4 is 11.8 Å². The molecule has 2 N–H and O–H groups in total. The van der Waals surface area contributed by atoms with E-state index in [-0.39, 0.29) is 37.1 Å². The maximum atomic E-state index is 14.0. The van der Waals surface area contributed by atoms with E-state index in [4.69, 9.17) is 0 Å². The number of nitrogens with one attached hydrogen (secondary N) is 2. The Morgan fingerprint density at radius 1 is 1.39 bits per heavy atom. The van der Waals surface area contributed by atoms with Crippen molar-refractivity contribution in [3.05, 3.63) is 47.8 Å². The van der Waals surface area contributed by atoms with E-state index in [9.17, 15) is 14.0 Å². The number of carbonyl (C=O) groups is 2. The quantitative estimate of drug-likeness (QED) is 0.699. The second-order valence-corrected chi connectivity index (χ2v) is 6.79. The molecule has 9 heteroatoms. The predicted octanol–water partition coefficient (Wildman–Crippen LogP) is 0.834. The van der Waals surface area contributed by atoms with E-state index in [0.29, 0.717) is 24.5 Å². The van der Waals surface area contributed by atoms with Crippen molar-refractivity contribution in [2.45, 2.75) is 45.4 Å². The Bertz CT molecular complexity index is 824. The molecule has 0 radical (unpaired) electrons. The van der Waals surface area contributed by atoms with Gasteiger partial charge < -0.3 is 15.2 Å². The molecule has 2 heterocycles. The highest BCUT2D eigenvalue weighted by Gasteiger charge is 2.32. The number of aryl methyl sites for hydroxylation is 1. The molecular weight excluding hydrogens is 363 g/mol. The minimum atomic E-state index is -0.637. The molecule has 1 unspecified atom stereocenters. The van der Waals surface area contributed by atoms with Gasteiger partial charge in [0.1, 0.15) is 12.1 Å². The lowest BCUT2D eigenvalue weighted by molar-refractivity contribution is -0.134. The molecule has 2 aromatic rings. The summed E-state index contributed by atoms with van der Waals surface area (Å²) < 4.78 is 15.9. The van der Waals surface area contributed by atoms with Crippen LogP contribution >= 0.6 is 0 Å². The van der Waals surface area contributed by atoms with Gasteiger partial charge in [-0.15, -0.1) is 10.2 Å². The molecule has 28 heavy (non-hydrogen) atoms. The summed E-state index contributed by atoms with van der Waals surface area (Å²) in [5.41, 5.74) is 0.510. The second kappa shape index (κ2) is 9.41. The van der Waals surface area contributed by atoms with Crippen LogP contribution in [0.25, 0.3) is 0 Å². The second-order valence-electron chi connectivity index (χ2n) is 6.79. The molecule has 0 saturated carbocycles. The number of piperazine rings is 1. The van der Waals surface area contributed by atoms with Crippen LogP contribution in [0.3, 0.4) is 0 Å². The molecule has 1 fully saturated rings. The van der Waals surface area contributed by atoms with Crippen LogP contribution < -0.4 is 10.6 Å². The number of amides is 2. The first-order valence-electron chi connectivity index (χ1n) is 9.47. The molecule has 150 valence electrons. The monoisotopic (exact) mass is 388 g/mol. The highest BCUT2D eigenvalue weighted by atomic mass is 19.1. The van der Waals surface area contributed by atoms with E-state index < -0.39 is 6.04 Å². The zero-order valence-electron chi connectivity index (χ0n) is 15.9. The maximum Gasteiger partial charge on any atom is 0.237 e. The largest absolute Gasteiger partial charge is 0.353 e. The number of hydrogen-bond donors (Lipinski definition) is 2. The highest BCUT2D eigenvalue weighted by molar-refractivity contribution is 5.88.